The van der Waals surface area contributed by atoms with E-state index in [0.29, 0.717) is 45.0 Å². The van der Waals surface area contributed by atoms with Crippen LogP contribution in [0.1, 0.15) is 31.3 Å². The van der Waals surface area contributed by atoms with E-state index in [-0.39, 0.29) is 29.9 Å². The van der Waals surface area contributed by atoms with Gasteiger partial charge < -0.3 is 29.6 Å². The Kier molecular flexibility index (Phi) is 9.56. The highest BCUT2D eigenvalue weighted by atomic mass is 127. The lowest BCUT2D eigenvalue weighted by Crippen LogP contribution is -2.54. The number of furan rings is 1. The number of guanidine groups is 1. The van der Waals surface area contributed by atoms with Gasteiger partial charge in [0.2, 0.25) is 0 Å². The Hall–Kier alpha value is -1.98. The minimum Gasteiger partial charge on any atom is -0.459 e. The van der Waals surface area contributed by atoms with Crippen LogP contribution >= 0.6 is 24.0 Å². The lowest BCUT2D eigenvalue weighted by molar-refractivity contribution is 0.0528. The Labute approximate surface area is 182 Å². The second-order valence-corrected chi connectivity index (χ2v) is 7.16. The second kappa shape index (κ2) is 11.1. The molecule has 2 amide bonds. The highest BCUT2D eigenvalue weighted by Crippen LogP contribution is 2.09. The first-order chi connectivity index (χ1) is 12.8. The number of alkyl carbamates (subject to hydrolysis) is 1. The number of nitrogens with one attached hydrogen (secondary N) is 2. The Bertz CT molecular complexity index is 649. The van der Waals surface area contributed by atoms with Crippen molar-refractivity contribution >= 4 is 41.9 Å². The Morgan fingerprint density at radius 1 is 1.14 bits per heavy atom. The summed E-state index contributed by atoms with van der Waals surface area (Å²) in [5.41, 5.74) is -0.514. The lowest BCUT2D eigenvalue weighted by atomic mass is 10.2. The first-order valence-corrected chi connectivity index (χ1v) is 9.05. The molecule has 1 saturated heterocycles. The molecule has 1 aliphatic rings. The third-order valence-corrected chi connectivity index (χ3v) is 3.89. The van der Waals surface area contributed by atoms with Crippen LogP contribution in [0.3, 0.4) is 0 Å². The van der Waals surface area contributed by atoms with Gasteiger partial charge in [-0.15, -0.1) is 24.0 Å². The first-order valence-electron chi connectivity index (χ1n) is 9.05. The molecule has 0 unspecified atom stereocenters. The summed E-state index contributed by atoms with van der Waals surface area (Å²) in [5.74, 6) is 1.01. The summed E-state index contributed by atoms with van der Waals surface area (Å²) in [6.07, 6.45) is 1.06. The average Bonchev–Trinajstić information content (AvgIpc) is 3.14. The highest BCUT2D eigenvalue weighted by molar-refractivity contribution is 14.0. The predicted molar refractivity (Wildman–Crippen MR) is 117 cm³/mol. The minimum atomic E-state index is -0.514. The first kappa shape index (κ1) is 24.1. The SMILES string of the molecule is CN=C(NCCNC(=O)OC(C)(C)C)N1CCN(C(=O)c2ccco2)CC1.I. The van der Waals surface area contributed by atoms with E-state index in [0.717, 1.165) is 5.96 Å². The minimum absolute atomic E-state index is 0. The van der Waals surface area contributed by atoms with Crippen LogP contribution < -0.4 is 10.6 Å². The van der Waals surface area contributed by atoms with Crippen LogP contribution in [0.15, 0.2) is 27.8 Å². The van der Waals surface area contributed by atoms with Crippen LogP contribution in [0.2, 0.25) is 0 Å². The molecule has 28 heavy (non-hydrogen) atoms. The van der Waals surface area contributed by atoms with Gasteiger partial charge in [-0.3, -0.25) is 9.79 Å². The molecule has 1 aliphatic heterocycles. The van der Waals surface area contributed by atoms with Crippen molar-refractivity contribution < 1.29 is 18.7 Å². The third-order valence-electron chi connectivity index (χ3n) is 3.89. The maximum absolute atomic E-state index is 12.3. The zero-order valence-electron chi connectivity index (χ0n) is 16.9. The molecule has 0 aromatic carbocycles. The van der Waals surface area contributed by atoms with Gasteiger partial charge in [0.1, 0.15) is 5.60 Å². The topological polar surface area (TPSA) is 99.4 Å². The molecule has 0 radical (unpaired) electrons. The van der Waals surface area contributed by atoms with Crippen molar-refractivity contribution in [1.82, 2.24) is 20.4 Å². The number of halogens is 1. The van der Waals surface area contributed by atoms with Crippen molar-refractivity contribution in [3.05, 3.63) is 24.2 Å². The smallest absolute Gasteiger partial charge is 0.407 e. The van der Waals surface area contributed by atoms with Crippen molar-refractivity contribution in [3.63, 3.8) is 0 Å². The van der Waals surface area contributed by atoms with Crippen molar-refractivity contribution in [2.45, 2.75) is 26.4 Å². The van der Waals surface area contributed by atoms with Crippen LogP contribution in [0.5, 0.6) is 0 Å². The number of aliphatic imine (C=N–C) groups is 1. The van der Waals surface area contributed by atoms with Crippen molar-refractivity contribution in [2.75, 3.05) is 46.3 Å². The van der Waals surface area contributed by atoms with Crippen LogP contribution in [0.25, 0.3) is 0 Å². The van der Waals surface area contributed by atoms with E-state index in [9.17, 15) is 9.59 Å². The molecule has 0 bridgehead atoms. The number of ether oxygens (including phenoxy) is 1. The molecule has 1 fully saturated rings. The maximum Gasteiger partial charge on any atom is 0.407 e. The number of rotatable bonds is 4. The van der Waals surface area contributed by atoms with Gasteiger partial charge in [-0.2, -0.15) is 0 Å². The van der Waals surface area contributed by atoms with Crippen molar-refractivity contribution in [1.29, 1.82) is 0 Å². The molecule has 1 aromatic rings. The molecular weight excluding hydrogens is 477 g/mol. The molecule has 9 nitrogen and oxygen atoms in total. The van der Waals surface area contributed by atoms with Crippen molar-refractivity contribution in [3.8, 4) is 0 Å². The number of piperazine rings is 1. The highest BCUT2D eigenvalue weighted by Gasteiger charge is 2.25. The zero-order valence-corrected chi connectivity index (χ0v) is 19.2. The summed E-state index contributed by atoms with van der Waals surface area (Å²) in [5, 5.41) is 5.91. The van der Waals surface area contributed by atoms with E-state index >= 15 is 0 Å². The molecule has 0 spiro atoms. The van der Waals surface area contributed by atoms with E-state index in [4.69, 9.17) is 9.15 Å². The largest absolute Gasteiger partial charge is 0.459 e. The number of hydrogen-bond donors (Lipinski definition) is 2. The number of carbonyl (C=O) groups is 2. The molecule has 2 rings (SSSR count). The molecule has 0 atom stereocenters. The zero-order chi connectivity index (χ0) is 19.9. The molecule has 0 aliphatic carbocycles. The number of nitrogens with zero attached hydrogens (tertiary/aromatic N) is 3. The summed E-state index contributed by atoms with van der Waals surface area (Å²) < 4.78 is 10.4. The van der Waals surface area contributed by atoms with E-state index in [1.54, 1.807) is 24.1 Å². The van der Waals surface area contributed by atoms with Crippen LogP contribution in [0, 0.1) is 0 Å². The molecule has 10 heteroatoms. The molecule has 2 N–H and O–H groups in total. The van der Waals surface area contributed by atoms with Gasteiger partial charge in [0.25, 0.3) is 5.91 Å². The monoisotopic (exact) mass is 507 g/mol. The third kappa shape index (κ3) is 7.56. The summed E-state index contributed by atoms with van der Waals surface area (Å²) in [4.78, 5) is 32.0. The van der Waals surface area contributed by atoms with Gasteiger partial charge in [0.15, 0.2) is 11.7 Å². The maximum atomic E-state index is 12.3. The van der Waals surface area contributed by atoms with E-state index in [2.05, 4.69) is 20.5 Å². The molecule has 2 heterocycles. The lowest BCUT2D eigenvalue weighted by Gasteiger charge is -2.36. The van der Waals surface area contributed by atoms with Gasteiger partial charge in [-0.1, -0.05) is 0 Å². The number of hydrogen-bond acceptors (Lipinski definition) is 5. The normalized spacial score (nSPS) is 14.9. The van der Waals surface area contributed by atoms with Gasteiger partial charge in [-0.05, 0) is 32.9 Å². The fourth-order valence-corrected chi connectivity index (χ4v) is 2.66. The van der Waals surface area contributed by atoms with Gasteiger partial charge in [-0.25, -0.2) is 4.79 Å². The van der Waals surface area contributed by atoms with Gasteiger partial charge >= 0.3 is 6.09 Å². The molecular formula is C18H30IN5O4. The van der Waals surface area contributed by atoms with Crippen LogP contribution in [-0.4, -0.2) is 79.7 Å². The standard InChI is InChI=1S/C18H29N5O4.HI/c1-18(2,3)27-17(25)21-8-7-20-16(19-4)23-11-9-22(10-12-23)15(24)14-6-5-13-26-14;/h5-6,13H,7-12H2,1-4H3,(H,19,20)(H,21,25);1H. The predicted octanol–water partition coefficient (Wildman–Crippen LogP) is 1.76. The average molecular weight is 507 g/mol. The Morgan fingerprint density at radius 2 is 1.75 bits per heavy atom. The van der Waals surface area contributed by atoms with Gasteiger partial charge in [0.05, 0.1) is 6.26 Å². The summed E-state index contributed by atoms with van der Waals surface area (Å²) in [6.45, 7) is 8.95. The molecule has 1 aromatic heterocycles. The van der Waals surface area contributed by atoms with E-state index in [1.165, 1.54) is 6.26 Å². The Morgan fingerprint density at radius 3 is 2.29 bits per heavy atom. The quantitative estimate of drug-likeness (QED) is 0.279. The summed E-state index contributed by atoms with van der Waals surface area (Å²) in [7, 11) is 1.71. The Balaban J connectivity index is 0.00000392. The van der Waals surface area contributed by atoms with Crippen molar-refractivity contribution in [2.24, 2.45) is 4.99 Å². The molecule has 158 valence electrons. The fourth-order valence-electron chi connectivity index (χ4n) is 2.66. The van der Waals surface area contributed by atoms with Crippen LogP contribution in [-0.2, 0) is 4.74 Å². The summed E-state index contributed by atoms with van der Waals surface area (Å²) in [6, 6.07) is 3.38. The number of amides is 2. The fraction of sp³-hybridized carbons (Fsp3) is 0.611. The number of carbonyl (C=O) groups excluding carboxylic acids is 2. The van der Waals surface area contributed by atoms with E-state index in [1.807, 2.05) is 20.8 Å². The van der Waals surface area contributed by atoms with Gasteiger partial charge in [0, 0.05) is 46.3 Å². The second-order valence-electron chi connectivity index (χ2n) is 7.16. The van der Waals surface area contributed by atoms with E-state index < -0.39 is 11.7 Å². The summed E-state index contributed by atoms with van der Waals surface area (Å²) >= 11 is 0. The molecule has 0 saturated carbocycles. The van der Waals surface area contributed by atoms with Crippen LogP contribution in [0.4, 0.5) is 4.79 Å².